The minimum Gasteiger partial charge on any atom is -0.464 e. The van der Waals surface area contributed by atoms with Gasteiger partial charge < -0.3 is 30.3 Å². The van der Waals surface area contributed by atoms with Gasteiger partial charge in [0.25, 0.3) is 0 Å². The first-order valence-corrected chi connectivity index (χ1v) is 12.9. The van der Waals surface area contributed by atoms with Crippen LogP contribution in [-0.4, -0.2) is 72.5 Å². The summed E-state index contributed by atoms with van der Waals surface area (Å²) in [5, 5.41) is 24.1. The van der Waals surface area contributed by atoms with E-state index in [4.69, 9.17) is 9.47 Å². The smallest absolute Gasteiger partial charge is 0.331 e. The molecule has 35 heavy (non-hydrogen) atoms. The average molecular weight is 501 g/mol. The van der Waals surface area contributed by atoms with Crippen LogP contribution in [0.3, 0.4) is 0 Å². The van der Waals surface area contributed by atoms with Crippen molar-refractivity contribution in [3.05, 3.63) is 0 Å². The number of aliphatic hydroxyl groups is 2. The third kappa shape index (κ3) is 11.9. The lowest BCUT2D eigenvalue weighted by Crippen LogP contribution is -2.47. The van der Waals surface area contributed by atoms with Crippen molar-refractivity contribution in [2.75, 3.05) is 26.4 Å². The van der Waals surface area contributed by atoms with Gasteiger partial charge in [-0.2, -0.15) is 0 Å². The third-order valence-corrected chi connectivity index (χ3v) is 6.32. The van der Waals surface area contributed by atoms with Crippen molar-refractivity contribution in [3.8, 4) is 0 Å². The molecule has 4 N–H and O–H groups in total. The number of unbranched alkanes of at least 4 members (excludes halogenated alkanes) is 4. The molecule has 0 heterocycles. The lowest BCUT2D eigenvalue weighted by Gasteiger charge is -2.29. The summed E-state index contributed by atoms with van der Waals surface area (Å²) in [6.45, 7) is 3.37. The highest BCUT2D eigenvalue weighted by Crippen LogP contribution is 2.44. The maximum atomic E-state index is 12.7. The molecule has 0 unspecified atom stereocenters. The second-order valence-electron chi connectivity index (χ2n) is 9.42. The molecular weight excluding hydrogens is 456 g/mol. The molecule has 2 atom stereocenters. The number of carbonyl (C=O) groups excluding carboxylic acids is 4. The van der Waals surface area contributed by atoms with Gasteiger partial charge in [0.15, 0.2) is 12.1 Å². The Hall–Kier alpha value is -2.20. The normalized spacial score (nSPS) is 16.2. The summed E-state index contributed by atoms with van der Waals surface area (Å²) in [6.07, 6.45) is 8.23. The van der Waals surface area contributed by atoms with Gasteiger partial charge in [0.2, 0.25) is 11.8 Å². The molecule has 0 radical (unpaired) electrons. The minimum atomic E-state index is -1.15. The van der Waals surface area contributed by atoms with E-state index in [-0.39, 0.29) is 26.1 Å². The number of hydrogen-bond acceptors (Lipinski definition) is 8. The van der Waals surface area contributed by atoms with Crippen molar-refractivity contribution in [3.63, 3.8) is 0 Å². The molecule has 0 aliphatic heterocycles. The van der Waals surface area contributed by atoms with Crippen molar-refractivity contribution in [2.45, 2.75) is 103 Å². The van der Waals surface area contributed by atoms with E-state index in [2.05, 4.69) is 10.6 Å². The Morgan fingerprint density at radius 1 is 0.743 bits per heavy atom. The Balaban J connectivity index is 2.62. The number of nitrogens with one attached hydrogen (secondary N) is 2. The summed E-state index contributed by atoms with van der Waals surface area (Å²) in [5.74, 6) is -2.26. The van der Waals surface area contributed by atoms with Gasteiger partial charge in [-0.3, -0.25) is 9.59 Å². The number of hydrogen-bond donors (Lipinski definition) is 4. The predicted octanol–water partition coefficient (Wildman–Crippen LogP) is 1.75. The maximum absolute atomic E-state index is 12.7. The molecule has 1 saturated carbocycles. The molecule has 202 valence electrons. The van der Waals surface area contributed by atoms with Gasteiger partial charge in [-0.15, -0.1) is 0 Å². The fraction of sp³-hybridized carbons (Fsp3) is 0.840. The molecule has 1 rings (SSSR count). The molecule has 0 aromatic carbocycles. The number of aliphatic hydroxyl groups excluding tert-OH is 2. The van der Waals surface area contributed by atoms with Crippen LogP contribution in [-0.2, 0) is 28.7 Å². The largest absolute Gasteiger partial charge is 0.464 e. The first-order chi connectivity index (χ1) is 16.8. The van der Waals surface area contributed by atoms with Crippen LogP contribution >= 0.6 is 0 Å². The second kappa shape index (κ2) is 17.3. The van der Waals surface area contributed by atoms with E-state index in [9.17, 15) is 29.4 Å². The van der Waals surface area contributed by atoms with Crippen LogP contribution in [0.25, 0.3) is 0 Å². The Morgan fingerprint density at radius 3 is 1.49 bits per heavy atom. The summed E-state index contributed by atoms with van der Waals surface area (Å²) in [7, 11) is 0. The molecule has 1 aliphatic carbocycles. The Kier molecular flexibility index (Phi) is 15.2. The van der Waals surface area contributed by atoms with Gasteiger partial charge in [0, 0.05) is 12.8 Å². The fourth-order valence-corrected chi connectivity index (χ4v) is 4.32. The zero-order valence-electron chi connectivity index (χ0n) is 21.3. The van der Waals surface area contributed by atoms with E-state index in [1.54, 1.807) is 0 Å². The van der Waals surface area contributed by atoms with Crippen molar-refractivity contribution >= 4 is 23.8 Å². The van der Waals surface area contributed by atoms with Crippen LogP contribution in [0.4, 0.5) is 0 Å². The SMILES string of the molecule is CCCCCOC(=O)[C@@H](CO)NC(=O)CC1(CC(=O)N[C@H](CO)C(=O)OCCCCC)CCCC1. The molecular formula is C25H44N2O8. The van der Waals surface area contributed by atoms with Gasteiger partial charge in [-0.25, -0.2) is 9.59 Å². The van der Waals surface area contributed by atoms with E-state index >= 15 is 0 Å². The highest BCUT2D eigenvalue weighted by atomic mass is 16.5. The molecule has 1 aliphatic rings. The quantitative estimate of drug-likeness (QED) is 0.164. The zero-order valence-corrected chi connectivity index (χ0v) is 21.3. The monoisotopic (exact) mass is 500 g/mol. The zero-order chi connectivity index (χ0) is 26.1. The molecule has 0 aromatic rings. The van der Waals surface area contributed by atoms with Gasteiger partial charge in [0.05, 0.1) is 26.4 Å². The molecule has 2 amide bonds. The molecule has 0 aromatic heterocycles. The van der Waals surface area contributed by atoms with Gasteiger partial charge in [-0.1, -0.05) is 52.4 Å². The van der Waals surface area contributed by atoms with E-state index in [0.717, 1.165) is 38.5 Å². The molecule has 10 nitrogen and oxygen atoms in total. The van der Waals surface area contributed by atoms with Crippen LogP contribution < -0.4 is 10.6 Å². The highest BCUT2D eigenvalue weighted by molar-refractivity contribution is 5.87. The Labute approximate surface area is 208 Å². The summed E-state index contributed by atoms with van der Waals surface area (Å²) >= 11 is 0. The molecule has 1 fully saturated rings. The van der Waals surface area contributed by atoms with Crippen LogP contribution in [0.5, 0.6) is 0 Å². The minimum absolute atomic E-state index is 0.00525. The predicted molar refractivity (Wildman–Crippen MR) is 129 cm³/mol. The van der Waals surface area contributed by atoms with Gasteiger partial charge >= 0.3 is 11.9 Å². The first kappa shape index (κ1) is 30.8. The maximum Gasteiger partial charge on any atom is 0.331 e. The van der Waals surface area contributed by atoms with E-state index in [0.29, 0.717) is 25.7 Å². The topological polar surface area (TPSA) is 151 Å². The van der Waals surface area contributed by atoms with Crippen molar-refractivity contribution in [1.82, 2.24) is 10.6 Å². The van der Waals surface area contributed by atoms with E-state index in [1.165, 1.54) is 0 Å². The average Bonchev–Trinajstić information content (AvgIpc) is 3.28. The molecule has 0 spiro atoms. The number of rotatable bonds is 18. The van der Waals surface area contributed by atoms with Crippen molar-refractivity contribution < 1.29 is 38.9 Å². The lowest BCUT2D eigenvalue weighted by atomic mass is 9.78. The van der Waals surface area contributed by atoms with Crippen LogP contribution in [0.1, 0.15) is 90.9 Å². The Bertz CT molecular complexity index is 614. The highest BCUT2D eigenvalue weighted by Gasteiger charge is 2.39. The molecule has 0 saturated heterocycles. The lowest BCUT2D eigenvalue weighted by molar-refractivity contribution is -0.149. The van der Waals surface area contributed by atoms with Crippen molar-refractivity contribution in [2.24, 2.45) is 5.41 Å². The number of carbonyl (C=O) groups is 4. The van der Waals surface area contributed by atoms with Crippen LogP contribution in [0.15, 0.2) is 0 Å². The first-order valence-electron chi connectivity index (χ1n) is 12.9. The number of esters is 2. The summed E-state index contributed by atoms with van der Waals surface area (Å²) in [5.41, 5.74) is -0.621. The summed E-state index contributed by atoms with van der Waals surface area (Å²) < 4.78 is 10.3. The molecule has 10 heteroatoms. The summed E-state index contributed by atoms with van der Waals surface area (Å²) in [4.78, 5) is 49.8. The number of amides is 2. The standard InChI is InChI=1S/C25H44N2O8/c1-3-5-9-13-34-23(32)19(17-28)26-21(30)15-25(11-7-8-12-25)16-22(31)27-20(18-29)24(33)35-14-10-6-4-2/h19-20,28-29H,3-18H2,1-2H3,(H,26,30)(H,27,31)/t19-,20-/m1/s1. The van der Waals surface area contributed by atoms with Gasteiger partial charge in [0.1, 0.15) is 0 Å². The van der Waals surface area contributed by atoms with E-state index in [1.807, 2.05) is 13.8 Å². The van der Waals surface area contributed by atoms with Crippen molar-refractivity contribution in [1.29, 1.82) is 0 Å². The number of ether oxygens (including phenoxy) is 2. The third-order valence-electron chi connectivity index (χ3n) is 6.32. The fourth-order valence-electron chi connectivity index (χ4n) is 4.32. The van der Waals surface area contributed by atoms with Gasteiger partial charge in [-0.05, 0) is 31.1 Å². The summed E-state index contributed by atoms with van der Waals surface area (Å²) in [6, 6.07) is -2.31. The van der Waals surface area contributed by atoms with E-state index < -0.39 is 54.5 Å². The van der Waals surface area contributed by atoms with Crippen LogP contribution in [0, 0.1) is 5.41 Å². The second-order valence-corrected chi connectivity index (χ2v) is 9.42. The Morgan fingerprint density at radius 2 is 1.14 bits per heavy atom. The molecule has 0 bridgehead atoms. The van der Waals surface area contributed by atoms with Crippen LogP contribution in [0.2, 0.25) is 0 Å².